The van der Waals surface area contributed by atoms with E-state index in [1.54, 1.807) is 18.0 Å². The SMILES string of the molecule is Clc1ccc(C=NNc2nc(-c3ccc(Sc4ccccc4)cc3)cs2)cc1. The molecule has 4 rings (SSSR count). The summed E-state index contributed by atoms with van der Waals surface area (Å²) in [6.45, 7) is 0. The zero-order valence-electron chi connectivity index (χ0n) is 14.7. The lowest BCUT2D eigenvalue weighted by Crippen LogP contribution is -1.90. The van der Waals surface area contributed by atoms with Crippen LogP contribution in [0.3, 0.4) is 0 Å². The number of rotatable bonds is 6. The highest BCUT2D eigenvalue weighted by Crippen LogP contribution is 2.30. The van der Waals surface area contributed by atoms with Crippen LogP contribution in [-0.4, -0.2) is 11.2 Å². The van der Waals surface area contributed by atoms with E-state index in [2.05, 4.69) is 64.0 Å². The van der Waals surface area contributed by atoms with Crippen LogP contribution in [0.2, 0.25) is 5.02 Å². The van der Waals surface area contributed by atoms with Crippen LogP contribution in [0.4, 0.5) is 5.13 Å². The Hall–Kier alpha value is -2.60. The molecular formula is C22H16ClN3S2. The second-order valence-electron chi connectivity index (χ2n) is 5.90. The minimum atomic E-state index is 0.711. The van der Waals surface area contributed by atoms with Crippen molar-refractivity contribution in [3.05, 3.63) is 94.8 Å². The Kier molecular flexibility index (Phi) is 6.07. The average molecular weight is 422 g/mol. The van der Waals surface area contributed by atoms with Crippen LogP contribution < -0.4 is 5.43 Å². The molecule has 1 N–H and O–H groups in total. The molecule has 0 aliphatic heterocycles. The molecule has 0 fully saturated rings. The minimum Gasteiger partial charge on any atom is -0.253 e. The summed E-state index contributed by atoms with van der Waals surface area (Å²) in [5, 5.41) is 7.73. The standard InChI is InChI=1S/C22H16ClN3S2/c23-18-10-6-16(7-11-18)14-24-26-22-25-21(15-27-22)17-8-12-20(13-9-17)28-19-4-2-1-3-5-19/h1-15H,(H,25,26). The Morgan fingerprint density at radius 1 is 0.893 bits per heavy atom. The molecule has 3 aromatic carbocycles. The van der Waals surface area contributed by atoms with Crippen LogP contribution >= 0.6 is 34.7 Å². The highest BCUT2D eigenvalue weighted by atomic mass is 35.5. The first-order chi connectivity index (χ1) is 13.8. The summed E-state index contributed by atoms with van der Waals surface area (Å²) < 4.78 is 0. The molecule has 1 aromatic heterocycles. The topological polar surface area (TPSA) is 37.3 Å². The van der Waals surface area contributed by atoms with E-state index in [1.165, 1.54) is 21.1 Å². The van der Waals surface area contributed by atoms with Crippen LogP contribution in [0.25, 0.3) is 11.3 Å². The Bertz CT molecular complexity index is 1060. The van der Waals surface area contributed by atoms with Crippen molar-refractivity contribution >= 4 is 46.0 Å². The van der Waals surface area contributed by atoms with Gasteiger partial charge in [-0.1, -0.05) is 65.8 Å². The number of thiazole rings is 1. The fraction of sp³-hybridized carbons (Fsp3) is 0. The Balaban J connectivity index is 1.39. The van der Waals surface area contributed by atoms with Gasteiger partial charge >= 0.3 is 0 Å². The lowest BCUT2D eigenvalue weighted by molar-refractivity contribution is 1.28. The van der Waals surface area contributed by atoms with Crippen molar-refractivity contribution < 1.29 is 0 Å². The van der Waals surface area contributed by atoms with Gasteiger partial charge < -0.3 is 0 Å². The van der Waals surface area contributed by atoms with Crippen LogP contribution in [0.15, 0.2) is 99.1 Å². The number of aromatic nitrogens is 1. The maximum absolute atomic E-state index is 5.88. The third kappa shape index (κ3) is 5.01. The third-order valence-corrected chi connectivity index (χ3v) is 5.89. The quantitative estimate of drug-likeness (QED) is 0.267. The molecule has 28 heavy (non-hydrogen) atoms. The summed E-state index contributed by atoms with van der Waals surface area (Å²) in [5.41, 5.74) is 5.98. The summed E-state index contributed by atoms with van der Waals surface area (Å²) in [6.07, 6.45) is 1.74. The van der Waals surface area contributed by atoms with Gasteiger partial charge in [-0.15, -0.1) is 11.3 Å². The first-order valence-electron chi connectivity index (χ1n) is 8.60. The molecule has 138 valence electrons. The number of hydrogen-bond donors (Lipinski definition) is 1. The third-order valence-electron chi connectivity index (χ3n) is 3.88. The summed E-state index contributed by atoms with van der Waals surface area (Å²) >= 11 is 9.16. The van der Waals surface area contributed by atoms with E-state index in [9.17, 15) is 0 Å². The molecular weight excluding hydrogens is 406 g/mol. The maximum Gasteiger partial charge on any atom is 0.203 e. The summed E-state index contributed by atoms with van der Waals surface area (Å²) in [6, 6.07) is 26.3. The van der Waals surface area contributed by atoms with Gasteiger partial charge in [0.2, 0.25) is 5.13 Å². The van der Waals surface area contributed by atoms with Crippen LogP contribution in [0.1, 0.15) is 5.56 Å². The highest BCUT2D eigenvalue weighted by Gasteiger charge is 2.05. The molecule has 0 spiro atoms. The van der Waals surface area contributed by atoms with Gasteiger partial charge in [-0.3, -0.25) is 5.43 Å². The molecule has 3 nitrogen and oxygen atoms in total. The molecule has 1 heterocycles. The smallest absolute Gasteiger partial charge is 0.203 e. The van der Waals surface area contributed by atoms with Gasteiger partial charge in [0, 0.05) is 25.8 Å². The van der Waals surface area contributed by atoms with Crippen molar-refractivity contribution in [1.82, 2.24) is 4.98 Å². The van der Waals surface area contributed by atoms with Gasteiger partial charge in [-0.2, -0.15) is 5.10 Å². The minimum absolute atomic E-state index is 0.711. The van der Waals surface area contributed by atoms with Gasteiger partial charge in [-0.05, 0) is 42.0 Å². The summed E-state index contributed by atoms with van der Waals surface area (Å²) in [5.74, 6) is 0. The predicted octanol–water partition coefficient (Wildman–Crippen LogP) is 7.06. The van der Waals surface area contributed by atoms with Crippen molar-refractivity contribution in [2.45, 2.75) is 9.79 Å². The van der Waals surface area contributed by atoms with Crippen LogP contribution in [0, 0.1) is 0 Å². The normalized spacial score (nSPS) is 11.0. The van der Waals surface area contributed by atoms with Gasteiger partial charge in [0.15, 0.2) is 0 Å². The lowest BCUT2D eigenvalue weighted by atomic mass is 10.2. The number of hydrazone groups is 1. The van der Waals surface area contributed by atoms with Crippen molar-refractivity contribution in [2.75, 3.05) is 5.43 Å². The summed E-state index contributed by atoms with van der Waals surface area (Å²) in [4.78, 5) is 7.04. The number of anilines is 1. The van der Waals surface area contributed by atoms with Gasteiger partial charge in [0.1, 0.15) is 0 Å². The van der Waals surface area contributed by atoms with Crippen molar-refractivity contribution in [1.29, 1.82) is 0 Å². The molecule has 4 aromatic rings. The molecule has 0 aliphatic rings. The van der Waals surface area contributed by atoms with Crippen LogP contribution in [0.5, 0.6) is 0 Å². The van der Waals surface area contributed by atoms with Gasteiger partial charge in [0.05, 0.1) is 11.9 Å². The first kappa shape index (κ1) is 18.7. The highest BCUT2D eigenvalue weighted by molar-refractivity contribution is 7.99. The number of nitrogens with zero attached hydrogens (tertiary/aromatic N) is 2. The van der Waals surface area contributed by atoms with Gasteiger partial charge in [-0.25, -0.2) is 4.98 Å². The van der Waals surface area contributed by atoms with Crippen LogP contribution in [-0.2, 0) is 0 Å². The van der Waals surface area contributed by atoms with E-state index in [0.717, 1.165) is 22.0 Å². The number of nitrogens with one attached hydrogen (secondary N) is 1. The lowest BCUT2D eigenvalue weighted by Gasteiger charge is -2.02. The number of benzene rings is 3. The average Bonchev–Trinajstić information content (AvgIpc) is 3.20. The molecule has 0 atom stereocenters. The van der Waals surface area contributed by atoms with Gasteiger partial charge in [0.25, 0.3) is 0 Å². The Morgan fingerprint density at radius 2 is 1.61 bits per heavy atom. The predicted molar refractivity (Wildman–Crippen MR) is 121 cm³/mol. The van der Waals surface area contributed by atoms with E-state index in [0.29, 0.717) is 5.02 Å². The molecule has 0 radical (unpaired) electrons. The molecule has 0 saturated carbocycles. The zero-order chi connectivity index (χ0) is 19.2. The Morgan fingerprint density at radius 3 is 2.36 bits per heavy atom. The molecule has 0 bridgehead atoms. The van der Waals surface area contributed by atoms with Crippen molar-refractivity contribution in [3.63, 3.8) is 0 Å². The van der Waals surface area contributed by atoms with E-state index in [1.807, 2.05) is 35.7 Å². The van der Waals surface area contributed by atoms with Crippen molar-refractivity contribution in [3.8, 4) is 11.3 Å². The fourth-order valence-corrected chi connectivity index (χ4v) is 4.12. The second-order valence-corrected chi connectivity index (χ2v) is 8.34. The van der Waals surface area contributed by atoms with Crippen molar-refractivity contribution in [2.24, 2.45) is 5.10 Å². The molecule has 0 amide bonds. The van der Waals surface area contributed by atoms with E-state index in [-0.39, 0.29) is 0 Å². The molecule has 6 heteroatoms. The second kappa shape index (κ2) is 9.06. The molecule has 0 unspecified atom stereocenters. The van der Waals surface area contributed by atoms with E-state index < -0.39 is 0 Å². The first-order valence-corrected chi connectivity index (χ1v) is 10.7. The molecule has 0 saturated heterocycles. The largest absolute Gasteiger partial charge is 0.253 e. The molecule has 0 aliphatic carbocycles. The Labute approximate surface area is 177 Å². The monoisotopic (exact) mass is 421 g/mol. The summed E-state index contributed by atoms with van der Waals surface area (Å²) in [7, 11) is 0. The van der Waals surface area contributed by atoms with E-state index in [4.69, 9.17) is 11.6 Å². The number of hydrogen-bond acceptors (Lipinski definition) is 5. The van der Waals surface area contributed by atoms with E-state index >= 15 is 0 Å². The number of halogens is 1. The fourth-order valence-electron chi connectivity index (χ4n) is 2.49. The zero-order valence-corrected chi connectivity index (χ0v) is 17.1. The maximum atomic E-state index is 5.88.